The molecule has 0 heterocycles. The van der Waals surface area contributed by atoms with Gasteiger partial charge in [-0.05, 0) is 0 Å². The molecule has 0 spiro atoms. The summed E-state index contributed by atoms with van der Waals surface area (Å²) in [5.41, 5.74) is 0. The van der Waals surface area contributed by atoms with Crippen molar-refractivity contribution in [3.8, 4) is 0 Å². The van der Waals surface area contributed by atoms with E-state index in [4.69, 9.17) is 0 Å². The summed E-state index contributed by atoms with van der Waals surface area (Å²) in [5.74, 6) is 0. The van der Waals surface area contributed by atoms with Gasteiger partial charge in [-0.15, -0.1) is 0 Å². The molecule has 0 saturated heterocycles. The van der Waals surface area contributed by atoms with Crippen LogP contribution in [0.3, 0.4) is 0 Å². The molecule has 4 nitrogen and oxygen atoms in total. The first kappa shape index (κ1) is 308. The molecule has 0 amide bonds. The minimum atomic E-state index is 0. The molecule has 0 aliphatic rings. The molecule has 6 heteroatoms. The second-order valence-corrected chi connectivity index (χ2v) is 0. The van der Waals surface area contributed by atoms with Crippen molar-refractivity contribution in [2.24, 2.45) is 0 Å². The third-order valence-corrected chi connectivity index (χ3v) is 0. The Labute approximate surface area is 56.5 Å². The van der Waals surface area contributed by atoms with Gasteiger partial charge >= 0.3 is 34.1 Å². The van der Waals surface area contributed by atoms with Crippen LogP contribution >= 0.6 is 0 Å². The molecule has 0 rings (SSSR count). The molecule has 0 bridgehead atoms. The van der Waals surface area contributed by atoms with E-state index in [1.165, 1.54) is 0 Å². The Morgan fingerprint density at radius 1 is 0.500 bits per heavy atom. The van der Waals surface area contributed by atoms with Crippen molar-refractivity contribution in [3.05, 3.63) is 0 Å². The van der Waals surface area contributed by atoms with Crippen molar-refractivity contribution in [2.75, 3.05) is 0 Å². The second-order valence-electron chi connectivity index (χ2n) is 0. The van der Waals surface area contributed by atoms with Crippen LogP contribution in [0.5, 0.6) is 0 Å². The maximum Gasteiger partial charge on any atom is 2.00 e. The Kier molecular flexibility index (Phi) is 9290. The molecule has 0 atom stereocenters. The molecule has 0 N–H and O–H groups in total. The Bertz CT molecular complexity index is 7.51. The average molecular weight is 175 g/mol. The normalized spacial score (nSPS) is 0. The van der Waals surface area contributed by atoms with Crippen LogP contribution in [-0.2, 0) is 56.0 Å². The van der Waals surface area contributed by atoms with Gasteiger partial charge in [-0.25, -0.2) is 0 Å². The van der Waals surface area contributed by atoms with Crippen molar-refractivity contribution in [3.63, 3.8) is 0 Å². The summed E-state index contributed by atoms with van der Waals surface area (Å²) >= 11 is 0. The van der Waals surface area contributed by atoms with E-state index in [9.17, 15) is 0 Å². The summed E-state index contributed by atoms with van der Waals surface area (Å²) < 4.78 is 0. The van der Waals surface area contributed by atoms with Crippen molar-refractivity contribution in [1.82, 2.24) is 0 Å². The quantitative estimate of drug-likeness (QED) is 0.442. The standard InChI is InChI=1S/Fe.Mn.4O/q2*+2;4*-2. The van der Waals surface area contributed by atoms with Crippen LogP contribution in [0.2, 0.25) is 0 Å². The summed E-state index contributed by atoms with van der Waals surface area (Å²) in [7, 11) is 0. The zero-order chi connectivity index (χ0) is 0. The monoisotopic (exact) mass is 175 g/mol. The van der Waals surface area contributed by atoms with Gasteiger partial charge in [-0.2, -0.15) is 0 Å². The molecule has 0 saturated carbocycles. The zero-order valence-corrected chi connectivity index (χ0v) is 4.65. The van der Waals surface area contributed by atoms with Crippen molar-refractivity contribution in [1.29, 1.82) is 0 Å². The molecule has 43 valence electrons. The van der Waals surface area contributed by atoms with Crippen LogP contribution in [0.25, 0.3) is 0 Å². The van der Waals surface area contributed by atoms with E-state index in [0.717, 1.165) is 0 Å². The van der Waals surface area contributed by atoms with Crippen LogP contribution in [0.15, 0.2) is 0 Å². The third-order valence-electron chi connectivity index (χ3n) is 0. The van der Waals surface area contributed by atoms with Gasteiger partial charge in [0.1, 0.15) is 0 Å². The van der Waals surface area contributed by atoms with E-state index in [1.54, 1.807) is 0 Å². The topological polar surface area (TPSA) is 114 Å². The summed E-state index contributed by atoms with van der Waals surface area (Å²) in [5, 5.41) is 0. The number of hydrogen-bond donors (Lipinski definition) is 0. The summed E-state index contributed by atoms with van der Waals surface area (Å²) in [6.07, 6.45) is 0. The Balaban J connectivity index is 0. The van der Waals surface area contributed by atoms with Gasteiger partial charge in [0.25, 0.3) is 0 Å². The largest absolute Gasteiger partial charge is 2.00 e. The fraction of sp³-hybridized carbons (Fsp3) is 0. The maximum absolute atomic E-state index is 0. The molecular weight excluding hydrogens is 175 g/mol. The Hall–Kier alpha value is 0.879. The molecule has 6 heavy (non-hydrogen) atoms. The molecule has 0 fully saturated rings. The van der Waals surface area contributed by atoms with E-state index < -0.39 is 0 Å². The minimum absolute atomic E-state index is 0. The summed E-state index contributed by atoms with van der Waals surface area (Å²) in [4.78, 5) is 0. The molecule has 1 radical (unpaired) electrons. The first-order chi connectivity index (χ1) is 0. The van der Waals surface area contributed by atoms with Gasteiger partial charge < -0.3 is 21.9 Å². The van der Waals surface area contributed by atoms with Gasteiger partial charge in [0, 0.05) is 0 Å². The second kappa shape index (κ2) is 181. The van der Waals surface area contributed by atoms with E-state index in [-0.39, 0.29) is 56.0 Å². The van der Waals surface area contributed by atoms with Gasteiger partial charge in [-0.3, -0.25) is 0 Å². The van der Waals surface area contributed by atoms with E-state index in [2.05, 4.69) is 0 Å². The third kappa shape index (κ3) is 95.0. The van der Waals surface area contributed by atoms with Gasteiger partial charge in [0.2, 0.25) is 0 Å². The van der Waals surface area contributed by atoms with Gasteiger partial charge in [0.05, 0.1) is 0 Å². The number of hydrogen-bond acceptors (Lipinski definition) is 0. The molecule has 0 unspecified atom stereocenters. The Morgan fingerprint density at radius 3 is 0.500 bits per heavy atom. The number of rotatable bonds is 0. The average Bonchev–Trinajstić information content (AvgIpc) is 0. The maximum atomic E-state index is 0. The molecular formula is FeMnO4-4. The molecule has 0 aliphatic heterocycles. The van der Waals surface area contributed by atoms with Crippen LogP contribution in [0.4, 0.5) is 0 Å². The minimum Gasteiger partial charge on any atom is -2.00 e. The summed E-state index contributed by atoms with van der Waals surface area (Å²) in [6.45, 7) is 0. The zero-order valence-electron chi connectivity index (χ0n) is 2.36. The van der Waals surface area contributed by atoms with E-state index in [0.29, 0.717) is 0 Å². The van der Waals surface area contributed by atoms with Crippen molar-refractivity contribution < 1.29 is 56.0 Å². The SMILES string of the molecule is [Fe+2].[Mn+2].[O-2].[O-2].[O-2].[O-2]. The van der Waals surface area contributed by atoms with E-state index in [1.807, 2.05) is 0 Å². The van der Waals surface area contributed by atoms with Crippen molar-refractivity contribution in [2.45, 2.75) is 0 Å². The molecule has 0 aromatic carbocycles. The molecule has 0 aliphatic carbocycles. The van der Waals surface area contributed by atoms with Crippen molar-refractivity contribution >= 4 is 0 Å². The first-order valence-corrected chi connectivity index (χ1v) is 0. The van der Waals surface area contributed by atoms with Crippen LogP contribution in [-0.4, -0.2) is 0 Å². The predicted molar refractivity (Wildman–Crippen MR) is 2.75 cm³/mol. The Morgan fingerprint density at radius 2 is 0.500 bits per heavy atom. The predicted octanol–water partition coefficient (Wildman–Crippen LogP) is -0.480. The molecule has 0 aromatic heterocycles. The van der Waals surface area contributed by atoms with Gasteiger partial charge in [-0.1, -0.05) is 0 Å². The smallest absolute Gasteiger partial charge is 2.00 e. The fourth-order valence-corrected chi connectivity index (χ4v) is 0. The van der Waals surface area contributed by atoms with Crippen LogP contribution in [0, 0.1) is 0 Å². The van der Waals surface area contributed by atoms with Crippen LogP contribution in [0.1, 0.15) is 0 Å². The first-order valence-electron chi connectivity index (χ1n) is 0. The van der Waals surface area contributed by atoms with E-state index >= 15 is 0 Å². The molecule has 0 aromatic rings. The van der Waals surface area contributed by atoms with Crippen LogP contribution < -0.4 is 0 Å². The fourth-order valence-electron chi connectivity index (χ4n) is 0. The summed E-state index contributed by atoms with van der Waals surface area (Å²) in [6, 6.07) is 0. The van der Waals surface area contributed by atoms with Gasteiger partial charge in [0.15, 0.2) is 0 Å².